The maximum absolute atomic E-state index is 12.2. The molecule has 3 nitrogen and oxygen atoms in total. The van der Waals surface area contributed by atoms with Gasteiger partial charge in [-0.25, -0.2) is 0 Å². The minimum Gasteiger partial charge on any atom is -0.493 e. The lowest BCUT2D eigenvalue weighted by Crippen LogP contribution is -2.12. The van der Waals surface area contributed by atoms with E-state index in [0.717, 1.165) is 21.7 Å². The molecule has 4 heteroatoms. The molecule has 0 N–H and O–H groups in total. The molecule has 0 unspecified atom stereocenters. The van der Waals surface area contributed by atoms with Crippen LogP contribution in [0, 0.1) is 13.8 Å². The Kier molecular flexibility index (Phi) is 5.02. The molecule has 0 saturated heterocycles. The summed E-state index contributed by atoms with van der Waals surface area (Å²) in [6.07, 6.45) is 0.933. The second kappa shape index (κ2) is 6.76. The molecule has 112 valence electrons. The molecule has 1 aromatic carbocycles. The fourth-order valence-corrected chi connectivity index (χ4v) is 3.12. The van der Waals surface area contributed by atoms with Gasteiger partial charge in [0.2, 0.25) is 5.78 Å². The van der Waals surface area contributed by atoms with E-state index in [0.29, 0.717) is 11.5 Å². The molecule has 1 heterocycles. The molecule has 1 aromatic heterocycles. The highest BCUT2D eigenvalue weighted by molar-refractivity contribution is 7.12. The monoisotopic (exact) mass is 304 g/mol. The summed E-state index contributed by atoms with van der Waals surface area (Å²) >= 11 is 1.63. The number of benzene rings is 1. The van der Waals surface area contributed by atoms with Gasteiger partial charge in [-0.15, -0.1) is 11.3 Å². The van der Waals surface area contributed by atoms with E-state index in [1.54, 1.807) is 18.4 Å². The van der Waals surface area contributed by atoms with E-state index in [2.05, 4.69) is 6.92 Å². The second-order valence-electron chi connectivity index (χ2n) is 4.88. The van der Waals surface area contributed by atoms with Crippen molar-refractivity contribution >= 4 is 17.1 Å². The third-order valence-electron chi connectivity index (χ3n) is 3.34. The zero-order valence-electron chi connectivity index (χ0n) is 12.9. The SMILES string of the molecule is CCc1ccc(OCC(=O)c2cc(C)sc2C)c(OC)c1. The maximum atomic E-state index is 12.2. The van der Waals surface area contributed by atoms with Crippen LogP contribution in [0.25, 0.3) is 0 Å². The predicted molar refractivity (Wildman–Crippen MR) is 86.0 cm³/mol. The first-order valence-corrected chi connectivity index (χ1v) is 7.76. The Morgan fingerprint density at radius 2 is 1.95 bits per heavy atom. The lowest BCUT2D eigenvalue weighted by Gasteiger charge is -2.11. The van der Waals surface area contributed by atoms with Crippen molar-refractivity contribution in [3.63, 3.8) is 0 Å². The molecule has 0 aliphatic heterocycles. The molecule has 0 amide bonds. The van der Waals surface area contributed by atoms with Gasteiger partial charge in [-0.1, -0.05) is 13.0 Å². The molecule has 0 aliphatic rings. The quantitative estimate of drug-likeness (QED) is 0.750. The van der Waals surface area contributed by atoms with Crippen molar-refractivity contribution in [2.45, 2.75) is 27.2 Å². The van der Waals surface area contributed by atoms with Crippen LogP contribution in [-0.4, -0.2) is 19.5 Å². The largest absolute Gasteiger partial charge is 0.493 e. The van der Waals surface area contributed by atoms with Crippen molar-refractivity contribution in [2.24, 2.45) is 0 Å². The highest BCUT2D eigenvalue weighted by atomic mass is 32.1. The van der Waals surface area contributed by atoms with Gasteiger partial charge in [0.05, 0.1) is 7.11 Å². The molecule has 0 bridgehead atoms. The summed E-state index contributed by atoms with van der Waals surface area (Å²) in [6.45, 7) is 6.07. The van der Waals surface area contributed by atoms with Crippen LogP contribution in [0.3, 0.4) is 0 Å². The van der Waals surface area contributed by atoms with E-state index in [4.69, 9.17) is 9.47 Å². The van der Waals surface area contributed by atoms with Gasteiger partial charge in [0.15, 0.2) is 18.1 Å². The number of hydrogen-bond acceptors (Lipinski definition) is 4. The lowest BCUT2D eigenvalue weighted by molar-refractivity contribution is 0.0919. The van der Waals surface area contributed by atoms with E-state index in [1.807, 2.05) is 38.1 Å². The number of hydrogen-bond donors (Lipinski definition) is 0. The number of carbonyl (C=O) groups excluding carboxylic acids is 1. The van der Waals surface area contributed by atoms with Crippen LogP contribution in [0.5, 0.6) is 11.5 Å². The molecule has 0 saturated carbocycles. The van der Waals surface area contributed by atoms with Crippen LogP contribution in [0.2, 0.25) is 0 Å². The first-order valence-electron chi connectivity index (χ1n) is 6.95. The van der Waals surface area contributed by atoms with Crippen molar-refractivity contribution in [3.05, 3.63) is 45.1 Å². The summed E-state index contributed by atoms with van der Waals surface area (Å²) in [4.78, 5) is 14.4. The van der Waals surface area contributed by atoms with Crippen LogP contribution in [0.1, 0.15) is 32.6 Å². The molecule has 0 fully saturated rings. The standard InChI is InChI=1S/C17H20O3S/c1-5-13-6-7-16(17(9-13)19-4)20-10-15(18)14-8-11(2)21-12(14)3/h6-9H,5,10H2,1-4H3. The van der Waals surface area contributed by atoms with Crippen molar-refractivity contribution in [2.75, 3.05) is 13.7 Å². The summed E-state index contributed by atoms with van der Waals surface area (Å²) < 4.78 is 11.0. The third-order valence-corrected chi connectivity index (χ3v) is 4.30. The minimum absolute atomic E-state index is 0.00142. The van der Waals surface area contributed by atoms with Crippen LogP contribution in [0.15, 0.2) is 24.3 Å². The van der Waals surface area contributed by atoms with E-state index >= 15 is 0 Å². The number of ketones is 1. The van der Waals surface area contributed by atoms with Gasteiger partial charge in [-0.2, -0.15) is 0 Å². The van der Waals surface area contributed by atoms with Gasteiger partial charge in [-0.3, -0.25) is 4.79 Å². The molecule has 0 radical (unpaired) electrons. The second-order valence-corrected chi connectivity index (χ2v) is 6.34. The first-order chi connectivity index (χ1) is 10.0. The number of carbonyl (C=O) groups is 1. The van der Waals surface area contributed by atoms with Crippen LogP contribution in [-0.2, 0) is 6.42 Å². The van der Waals surface area contributed by atoms with Crippen molar-refractivity contribution in [3.8, 4) is 11.5 Å². The first kappa shape index (κ1) is 15.6. The van der Waals surface area contributed by atoms with Gasteiger partial charge < -0.3 is 9.47 Å². The number of Topliss-reactive ketones (excluding diaryl/α,β-unsaturated/α-hetero) is 1. The number of methoxy groups -OCH3 is 1. The Balaban J connectivity index is 2.09. The minimum atomic E-state index is -0.00142. The third kappa shape index (κ3) is 3.64. The highest BCUT2D eigenvalue weighted by Crippen LogP contribution is 2.29. The van der Waals surface area contributed by atoms with Crippen molar-refractivity contribution in [1.29, 1.82) is 0 Å². The maximum Gasteiger partial charge on any atom is 0.201 e. The Bertz CT molecular complexity index is 643. The molecule has 0 aliphatic carbocycles. The zero-order valence-corrected chi connectivity index (χ0v) is 13.7. The zero-order chi connectivity index (χ0) is 15.4. The Morgan fingerprint density at radius 1 is 1.19 bits per heavy atom. The van der Waals surface area contributed by atoms with Gasteiger partial charge in [0, 0.05) is 15.3 Å². The fourth-order valence-electron chi connectivity index (χ4n) is 2.18. The van der Waals surface area contributed by atoms with E-state index < -0.39 is 0 Å². The summed E-state index contributed by atoms with van der Waals surface area (Å²) in [5.74, 6) is 1.27. The smallest absolute Gasteiger partial charge is 0.201 e. The van der Waals surface area contributed by atoms with Crippen LogP contribution < -0.4 is 9.47 Å². The topological polar surface area (TPSA) is 35.5 Å². The number of ether oxygens (including phenoxy) is 2. The summed E-state index contributed by atoms with van der Waals surface area (Å²) in [5, 5.41) is 0. The van der Waals surface area contributed by atoms with Gasteiger partial charge >= 0.3 is 0 Å². The predicted octanol–water partition coefficient (Wildman–Crippen LogP) is 4.20. The van der Waals surface area contributed by atoms with Crippen molar-refractivity contribution < 1.29 is 14.3 Å². The lowest BCUT2D eigenvalue weighted by atomic mass is 10.1. The molecule has 2 rings (SSSR count). The van der Waals surface area contributed by atoms with E-state index in [9.17, 15) is 4.79 Å². The summed E-state index contributed by atoms with van der Waals surface area (Å²) in [7, 11) is 1.61. The Labute approximate surface area is 129 Å². The van der Waals surface area contributed by atoms with Crippen LogP contribution >= 0.6 is 11.3 Å². The van der Waals surface area contributed by atoms with E-state index in [1.165, 1.54) is 5.56 Å². The Hall–Kier alpha value is -1.81. The molecular weight excluding hydrogens is 284 g/mol. The molecule has 0 atom stereocenters. The normalized spacial score (nSPS) is 10.5. The van der Waals surface area contributed by atoms with Crippen LogP contribution in [0.4, 0.5) is 0 Å². The molecule has 0 spiro atoms. The number of aryl methyl sites for hydroxylation is 3. The van der Waals surface area contributed by atoms with E-state index in [-0.39, 0.29) is 12.4 Å². The Morgan fingerprint density at radius 3 is 2.52 bits per heavy atom. The molecular formula is C17H20O3S. The van der Waals surface area contributed by atoms with Gasteiger partial charge in [0.25, 0.3) is 0 Å². The highest BCUT2D eigenvalue weighted by Gasteiger charge is 2.14. The average Bonchev–Trinajstić information content (AvgIpc) is 2.83. The molecule has 2 aromatic rings. The van der Waals surface area contributed by atoms with Gasteiger partial charge in [-0.05, 0) is 44.0 Å². The molecule has 21 heavy (non-hydrogen) atoms. The fraction of sp³-hybridized carbons (Fsp3) is 0.353. The summed E-state index contributed by atoms with van der Waals surface area (Å²) in [6, 6.07) is 7.71. The average molecular weight is 304 g/mol. The van der Waals surface area contributed by atoms with Gasteiger partial charge in [0.1, 0.15) is 0 Å². The number of thiophene rings is 1. The number of rotatable bonds is 6. The summed E-state index contributed by atoms with van der Waals surface area (Å²) in [5.41, 5.74) is 1.93. The van der Waals surface area contributed by atoms with Crippen molar-refractivity contribution in [1.82, 2.24) is 0 Å².